The maximum atomic E-state index is 5.87. The van der Waals surface area contributed by atoms with Crippen LogP contribution in [0.2, 0.25) is 0 Å². The first kappa shape index (κ1) is 10.4. The van der Waals surface area contributed by atoms with Crippen molar-refractivity contribution in [1.29, 1.82) is 0 Å². The zero-order valence-corrected chi connectivity index (χ0v) is 9.73. The maximum Gasteiger partial charge on any atom is 0.160 e. The van der Waals surface area contributed by atoms with E-state index in [2.05, 4.69) is 21.4 Å². The van der Waals surface area contributed by atoms with Crippen molar-refractivity contribution in [3.05, 3.63) is 47.5 Å². The van der Waals surface area contributed by atoms with Crippen molar-refractivity contribution in [3.63, 3.8) is 0 Å². The molecule has 0 fully saturated rings. The van der Waals surface area contributed by atoms with Crippen LogP contribution < -0.4 is 10.1 Å². The van der Waals surface area contributed by atoms with E-state index in [-0.39, 0.29) is 6.10 Å². The summed E-state index contributed by atoms with van der Waals surface area (Å²) in [6.07, 6.45) is 2.78. The predicted octanol–water partition coefficient (Wildman–Crippen LogP) is 1.81. The van der Waals surface area contributed by atoms with Crippen LogP contribution in [0, 0.1) is 0 Å². The molecule has 2 heterocycles. The zero-order chi connectivity index (χ0) is 11.7. The molecule has 1 aromatic carbocycles. The quantitative estimate of drug-likeness (QED) is 0.843. The lowest BCUT2D eigenvalue weighted by Gasteiger charge is -2.06. The van der Waals surface area contributed by atoms with Crippen LogP contribution in [0.3, 0.4) is 0 Å². The van der Waals surface area contributed by atoms with Crippen molar-refractivity contribution in [2.24, 2.45) is 0 Å². The number of rotatable bonds is 3. The molecule has 0 amide bonds. The molecular formula is C13H15N3O. The highest BCUT2D eigenvalue weighted by Gasteiger charge is 2.25. The normalized spacial score (nSPS) is 17.8. The van der Waals surface area contributed by atoms with E-state index in [1.807, 2.05) is 31.4 Å². The molecule has 1 aliphatic heterocycles. The Bertz CT molecular complexity index is 496. The van der Waals surface area contributed by atoms with Gasteiger partial charge in [-0.2, -0.15) is 0 Å². The minimum atomic E-state index is 0.0259. The van der Waals surface area contributed by atoms with Crippen molar-refractivity contribution >= 4 is 0 Å². The number of H-pyrrole nitrogens is 1. The van der Waals surface area contributed by atoms with Crippen LogP contribution in [0.5, 0.6) is 5.75 Å². The highest BCUT2D eigenvalue weighted by Crippen LogP contribution is 2.34. The van der Waals surface area contributed by atoms with Gasteiger partial charge in [0, 0.05) is 24.9 Å². The van der Waals surface area contributed by atoms with Gasteiger partial charge in [-0.15, -0.1) is 0 Å². The molecule has 1 aliphatic rings. The van der Waals surface area contributed by atoms with Crippen molar-refractivity contribution in [1.82, 2.24) is 15.3 Å². The third-order valence-corrected chi connectivity index (χ3v) is 2.97. The Hall–Kier alpha value is -1.81. The lowest BCUT2D eigenvalue weighted by atomic mass is 10.1. The van der Waals surface area contributed by atoms with E-state index in [4.69, 9.17) is 4.74 Å². The molecule has 3 rings (SSSR count). The van der Waals surface area contributed by atoms with E-state index < -0.39 is 0 Å². The minimum Gasteiger partial charge on any atom is -0.482 e. The number of ether oxygens (including phenoxy) is 1. The van der Waals surface area contributed by atoms with Crippen LogP contribution in [0.25, 0.3) is 0 Å². The molecule has 2 aromatic rings. The van der Waals surface area contributed by atoms with Crippen LogP contribution >= 0.6 is 0 Å². The SMILES string of the molecule is CNCc1cnc(C2Cc3ccccc3O2)[nH]1. The maximum absolute atomic E-state index is 5.87. The Balaban J connectivity index is 1.79. The summed E-state index contributed by atoms with van der Waals surface area (Å²) < 4.78 is 5.87. The summed E-state index contributed by atoms with van der Waals surface area (Å²) in [5, 5.41) is 3.09. The molecule has 4 heteroatoms. The highest BCUT2D eigenvalue weighted by molar-refractivity contribution is 5.38. The van der Waals surface area contributed by atoms with Gasteiger partial charge in [0.05, 0.1) is 0 Å². The summed E-state index contributed by atoms with van der Waals surface area (Å²) >= 11 is 0. The molecule has 0 bridgehead atoms. The number of imidazole rings is 1. The van der Waals surface area contributed by atoms with Crippen molar-refractivity contribution in [3.8, 4) is 5.75 Å². The van der Waals surface area contributed by atoms with E-state index >= 15 is 0 Å². The van der Waals surface area contributed by atoms with Crippen molar-refractivity contribution < 1.29 is 4.74 Å². The van der Waals surface area contributed by atoms with Crippen molar-refractivity contribution in [2.45, 2.75) is 19.1 Å². The molecule has 0 saturated carbocycles. The van der Waals surface area contributed by atoms with Gasteiger partial charge in [0.1, 0.15) is 11.6 Å². The predicted molar refractivity (Wildman–Crippen MR) is 64.9 cm³/mol. The van der Waals surface area contributed by atoms with Crippen LogP contribution in [0.15, 0.2) is 30.5 Å². The van der Waals surface area contributed by atoms with E-state index in [9.17, 15) is 0 Å². The average molecular weight is 229 g/mol. The third-order valence-electron chi connectivity index (χ3n) is 2.97. The second-order valence-corrected chi connectivity index (χ2v) is 4.24. The topological polar surface area (TPSA) is 49.9 Å². The molecule has 0 aliphatic carbocycles. The van der Waals surface area contributed by atoms with Gasteiger partial charge >= 0.3 is 0 Å². The number of nitrogens with zero attached hydrogens (tertiary/aromatic N) is 1. The first-order valence-corrected chi connectivity index (χ1v) is 5.80. The Morgan fingerprint density at radius 2 is 2.35 bits per heavy atom. The number of fused-ring (bicyclic) bond motifs is 1. The van der Waals surface area contributed by atoms with Gasteiger partial charge < -0.3 is 15.0 Å². The molecule has 0 saturated heterocycles. The molecule has 1 unspecified atom stereocenters. The summed E-state index contributed by atoms with van der Waals surface area (Å²) in [7, 11) is 1.92. The number of aromatic nitrogens is 2. The van der Waals surface area contributed by atoms with Gasteiger partial charge in [-0.3, -0.25) is 0 Å². The fourth-order valence-corrected chi connectivity index (χ4v) is 2.16. The largest absolute Gasteiger partial charge is 0.482 e. The molecule has 1 atom stereocenters. The number of hydrogen-bond donors (Lipinski definition) is 2. The molecule has 17 heavy (non-hydrogen) atoms. The van der Waals surface area contributed by atoms with Gasteiger partial charge in [-0.05, 0) is 18.7 Å². The van der Waals surface area contributed by atoms with Crippen LogP contribution in [0.1, 0.15) is 23.2 Å². The first-order valence-electron chi connectivity index (χ1n) is 5.80. The van der Waals surface area contributed by atoms with Crippen LogP contribution in [0.4, 0.5) is 0 Å². The molecule has 4 nitrogen and oxygen atoms in total. The second-order valence-electron chi connectivity index (χ2n) is 4.24. The van der Waals surface area contributed by atoms with Gasteiger partial charge in [-0.25, -0.2) is 4.98 Å². The number of para-hydroxylation sites is 1. The smallest absolute Gasteiger partial charge is 0.160 e. The van der Waals surface area contributed by atoms with Crippen LogP contribution in [-0.2, 0) is 13.0 Å². The molecule has 0 spiro atoms. The van der Waals surface area contributed by atoms with Gasteiger partial charge in [-0.1, -0.05) is 18.2 Å². The second kappa shape index (κ2) is 4.22. The van der Waals surface area contributed by atoms with E-state index in [1.165, 1.54) is 5.56 Å². The lowest BCUT2D eigenvalue weighted by molar-refractivity contribution is 0.228. The van der Waals surface area contributed by atoms with E-state index in [0.29, 0.717) is 0 Å². The Morgan fingerprint density at radius 1 is 1.47 bits per heavy atom. The van der Waals surface area contributed by atoms with Crippen molar-refractivity contribution in [2.75, 3.05) is 7.05 Å². The third kappa shape index (κ3) is 1.91. The number of hydrogen-bond acceptors (Lipinski definition) is 3. The summed E-state index contributed by atoms with van der Waals surface area (Å²) in [4.78, 5) is 7.67. The molecular weight excluding hydrogens is 214 g/mol. The average Bonchev–Trinajstić information content (AvgIpc) is 2.94. The Morgan fingerprint density at radius 3 is 3.18 bits per heavy atom. The van der Waals surface area contributed by atoms with E-state index in [0.717, 1.165) is 30.2 Å². The van der Waals surface area contributed by atoms with Gasteiger partial charge in [0.25, 0.3) is 0 Å². The monoisotopic (exact) mass is 229 g/mol. The standard InChI is InChI=1S/C13H15N3O/c1-14-7-10-8-15-13(16-10)12-6-9-4-2-3-5-11(9)17-12/h2-5,8,12,14H,6-7H2,1H3,(H,15,16). The first-order chi connectivity index (χ1) is 8.36. The zero-order valence-electron chi connectivity index (χ0n) is 9.73. The number of benzene rings is 1. The van der Waals surface area contributed by atoms with Gasteiger partial charge in [0.2, 0.25) is 0 Å². The number of nitrogens with one attached hydrogen (secondary N) is 2. The lowest BCUT2D eigenvalue weighted by Crippen LogP contribution is -2.07. The summed E-state index contributed by atoms with van der Waals surface area (Å²) in [6, 6.07) is 8.15. The Kier molecular flexibility index (Phi) is 2.57. The van der Waals surface area contributed by atoms with Crippen LogP contribution in [-0.4, -0.2) is 17.0 Å². The molecule has 1 aromatic heterocycles. The van der Waals surface area contributed by atoms with E-state index in [1.54, 1.807) is 0 Å². The minimum absolute atomic E-state index is 0.0259. The number of aromatic amines is 1. The summed E-state index contributed by atoms with van der Waals surface area (Å²) in [5.41, 5.74) is 2.34. The summed E-state index contributed by atoms with van der Waals surface area (Å²) in [6.45, 7) is 0.798. The molecule has 2 N–H and O–H groups in total. The fourth-order valence-electron chi connectivity index (χ4n) is 2.16. The fraction of sp³-hybridized carbons (Fsp3) is 0.308. The molecule has 88 valence electrons. The Labute approximate surface area is 100 Å². The van der Waals surface area contributed by atoms with Gasteiger partial charge in [0.15, 0.2) is 6.10 Å². The highest BCUT2D eigenvalue weighted by atomic mass is 16.5. The molecule has 0 radical (unpaired) electrons. The summed E-state index contributed by atoms with van der Waals surface area (Å²) in [5.74, 6) is 1.88.